The van der Waals surface area contributed by atoms with Crippen LogP contribution in [0.3, 0.4) is 0 Å². The van der Waals surface area contributed by atoms with Crippen molar-refractivity contribution in [2.75, 3.05) is 6.54 Å². The zero-order valence-electron chi connectivity index (χ0n) is 12.4. The summed E-state index contributed by atoms with van der Waals surface area (Å²) in [6.07, 6.45) is 9.40. The van der Waals surface area contributed by atoms with Crippen LogP contribution in [0.5, 0.6) is 0 Å². The van der Waals surface area contributed by atoms with Gasteiger partial charge in [0, 0.05) is 18.4 Å². The first-order valence-electron chi connectivity index (χ1n) is 7.70. The number of nitrogens with zero attached hydrogens (tertiary/aromatic N) is 3. The predicted molar refractivity (Wildman–Crippen MR) is 85.0 cm³/mol. The van der Waals surface area contributed by atoms with Gasteiger partial charge in [-0.3, -0.25) is 4.57 Å². The van der Waals surface area contributed by atoms with E-state index < -0.39 is 0 Å². The van der Waals surface area contributed by atoms with Gasteiger partial charge in [0.15, 0.2) is 0 Å². The van der Waals surface area contributed by atoms with Gasteiger partial charge in [0.1, 0.15) is 12.1 Å². The van der Waals surface area contributed by atoms with E-state index in [1.165, 1.54) is 24.2 Å². The van der Waals surface area contributed by atoms with E-state index in [1.807, 2.05) is 6.33 Å². The van der Waals surface area contributed by atoms with Crippen LogP contribution in [-0.2, 0) is 19.4 Å². The van der Waals surface area contributed by atoms with Crippen LogP contribution in [-0.4, -0.2) is 21.1 Å². The van der Waals surface area contributed by atoms with E-state index in [9.17, 15) is 0 Å². The molecule has 0 spiro atoms. The third-order valence-corrected chi connectivity index (χ3v) is 4.28. The van der Waals surface area contributed by atoms with Crippen molar-refractivity contribution in [3.05, 3.63) is 40.6 Å². The van der Waals surface area contributed by atoms with Crippen LogP contribution in [0.15, 0.2) is 18.6 Å². The summed E-state index contributed by atoms with van der Waals surface area (Å²) in [4.78, 5) is 9.02. The fourth-order valence-corrected chi connectivity index (χ4v) is 2.97. The molecule has 2 heterocycles. The van der Waals surface area contributed by atoms with Gasteiger partial charge >= 0.3 is 0 Å². The Kier molecular flexibility index (Phi) is 4.56. The van der Waals surface area contributed by atoms with Crippen molar-refractivity contribution in [3.63, 3.8) is 0 Å². The molecule has 0 fully saturated rings. The number of rotatable bonds is 5. The summed E-state index contributed by atoms with van der Waals surface area (Å²) >= 11 is 6.25. The maximum atomic E-state index is 6.25. The second-order valence-electron chi connectivity index (χ2n) is 5.53. The van der Waals surface area contributed by atoms with Crippen LogP contribution in [0.4, 0.5) is 0 Å². The molecule has 21 heavy (non-hydrogen) atoms. The van der Waals surface area contributed by atoms with Crippen molar-refractivity contribution in [2.45, 2.75) is 45.6 Å². The summed E-state index contributed by atoms with van der Waals surface area (Å²) in [5, 5.41) is 4.11. The minimum atomic E-state index is 0.719. The zero-order chi connectivity index (χ0) is 14.7. The van der Waals surface area contributed by atoms with Gasteiger partial charge in [0.25, 0.3) is 0 Å². The number of hydrogen-bond donors (Lipinski definition) is 1. The van der Waals surface area contributed by atoms with E-state index in [4.69, 9.17) is 11.6 Å². The van der Waals surface area contributed by atoms with E-state index in [-0.39, 0.29) is 0 Å². The normalized spacial score (nSPS) is 14.2. The number of halogens is 1. The lowest BCUT2D eigenvalue weighted by atomic mass is 10.0. The van der Waals surface area contributed by atoms with Gasteiger partial charge in [0.2, 0.25) is 0 Å². The molecule has 4 nitrogen and oxygen atoms in total. The van der Waals surface area contributed by atoms with Crippen molar-refractivity contribution in [2.24, 2.45) is 0 Å². The van der Waals surface area contributed by atoms with E-state index in [1.54, 1.807) is 6.20 Å². The molecule has 1 aliphatic rings. The largest absolute Gasteiger partial charge is 0.313 e. The lowest BCUT2D eigenvalue weighted by Gasteiger charge is -2.14. The molecule has 0 unspecified atom stereocenters. The Morgan fingerprint density at radius 1 is 1.29 bits per heavy atom. The third kappa shape index (κ3) is 3.11. The fourth-order valence-electron chi connectivity index (χ4n) is 2.80. The van der Waals surface area contributed by atoms with Crippen LogP contribution in [0.2, 0.25) is 5.02 Å². The molecule has 0 bridgehead atoms. The Balaban J connectivity index is 1.88. The maximum Gasteiger partial charge on any atom is 0.138 e. The molecule has 0 amide bonds. The maximum absolute atomic E-state index is 6.25. The van der Waals surface area contributed by atoms with Gasteiger partial charge in [-0.2, -0.15) is 0 Å². The lowest BCUT2D eigenvalue weighted by Crippen LogP contribution is -2.15. The Bertz CT molecular complexity index is 621. The molecule has 3 rings (SSSR count). The van der Waals surface area contributed by atoms with Gasteiger partial charge in [-0.15, -0.1) is 0 Å². The fraction of sp³-hybridized carbons (Fsp3) is 0.500. The highest BCUT2D eigenvalue weighted by atomic mass is 35.5. The van der Waals surface area contributed by atoms with Gasteiger partial charge < -0.3 is 5.32 Å². The summed E-state index contributed by atoms with van der Waals surface area (Å²) in [6, 6.07) is 2.07. The summed E-state index contributed by atoms with van der Waals surface area (Å²) < 4.78 is 2.12. The number of fused-ring (bicyclic) bond motifs is 1. The number of imidazole rings is 1. The first-order chi connectivity index (χ1) is 10.3. The minimum absolute atomic E-state index is 0.719. The molecule has 0 aromatic carbocycles. The van der Waals surface area contributed by atoms with Crippen molar-refractivity contribution in [1.82, 2.24) is 19.9 Å². The van der Waals surface area contributed by atoms with Crippen LogP contribution < -0.4 is 5.32 Å². The number of aryl methyl sites for hydroxylation is 1. The summed E-state index contributed by atoms with van der Waals surface area (Å²) in [7, 11) is 0. The SMILES string of the molecule is CCCNCc1cc(-n2cnc3c2CCCC3)ncc1Cl. The van der Waals surface area contributed by atoms with Gasteiger partial charge in [-0.05, 0) is 50.3 Å². The monoisotopic (exact) mass is 304 g/mol. The van der Waals surface area contributed by atoms with Crippen LogP contribution in [0.25, 0.3) is 5.82 Å². The second-order valence-corrected chi connectivity index (χ2v) is 5.93. The minimum Gasteiger partial charge on any atom is -0.313 e. The van der Waals surface area contributed by atoms with Gasteiger partial charge in [-0.1, -0.05) is 18.5 Å². The van der Waals surface area contributed by atoms with E-state index in [0.717, 1.165) is 48.8 Å². The molecule has 0 radical (unpaired) electrons. The first-order valence-corrected chi connectivity index (χ1v) is 8.08. The molecular weight excluding hydrogens is 284 g/mol. The van der Waals surface area contributed by atoms with E-state index in [2.05, 4.69) is 32.8 Å². The second kappa shape index (κ2) is 6.58. The molecule has 1 aliphatic carbocycles. The molecule has 0 atom stereocenters. The zero-order valence-corrected chi connectivity index (χ0v) is 13.2. The Hall–Kier alpha value is -1.39. The highest BCUT2D eigenvalue weighted by Gasteiger charge is 2.17. The summed E-state index contributed by atoms with van der Waals surface area (Å²) in [5.74, 6) is 0.920. The average molecular weight is 305 g/mol. The van der Waals surface area contributed by atoms with Gasteiger partial charge in [-0.25, -0.2) is 9.97 Å². The molecule has 112 valence electrons. The first kappa shape index (κ1) is 14.5. The molecule has 2 aromatic rings. The number of hydrogen-bond acceptors (Lipinski definition) is 3. The van der Waals surface area contributed by atoms with E-state index in [0.29, 0.717) is 0 Å². The van der Waals surface area contributed by atoms with Crippen molar-refractivity contribution in [1.29, 1.82) is 0 Å². The van der Waals surface area contributed by atoms with Crippen molar-refractivity contribution < 1.29 is 0 Å². The Morgan fingerprint density at radius 3 is 3.00 bits per heavy atom. The molecule has 2 aromatic heterocycles. The van der Waals surface area contributed by atoms with E-state index >= 15 is 0 Å². The highest BCUT2D eigenvalue weighted by Crippen LogP contribution is 2.24. The number of aromatic nitrogens is 3. The number of nitrogens with one attached hydrogen (secondary N) is 1. The van der Waals surface area contributed by atoms with Crippen molar-refractivity contribution in [3.8, 4) is 5.82 Å². The summed E-state index contributed by atoms with van der Waals surface area (Å²) in [5.41, 5.74) is 3.63. The molecule has 5 heteroatoms. The average Bonchev–Trinajstić information content (AvgIpc) is 2.93. The highest BCUT2D eigenvalue weighted by molar-refractivity contribution is 6.31. The smallest absolute Gasteiger partial charge is 0.138 e. The van der Waals surface area contributed by atoms with Crippen LogP contribution >= 0.6 is 11.6 Å². The quantitative estimate of drug-likeness (QED) is 0.862. The molecule has 0 saturated heterocycles. The lowest BCUT2D eigenvalue weighted by molar-refractivity contribution is 0.653. The number of pyridine rings is 1. The topological polar surface area (TPSA) is 42.7 Å². The molecule has 0 saturated carbocycles. The molecule has 0 aliphatic heterocycles. The Labute approximate surface area is 130 Å². The van der Waals surface area contributed by atoms with Crippen LogP contribution in [0.1, 0.15) is 43.1 Å². The molecule has 1 N–H and O–H groups in total. The Morgan fingerprint density at radius 2 is 2.14 bits per heavy atom. The van der Waals surface area contributed by atoms with Crippen molar-refractivity contribution >= 4 is 11.6 Å². The predicted octanol–water partition coefficient (Wildman–Crippen LogP) is 3.30. The summed E-state index contributed by atoms with van der Waals surface area (Å²) in [6.45, 7) is 3.93. The molecular formula is C16H21ClN4. The van der Waals surface area contributed by atoms with Gasteiger partial charge in [0.05, 0.1) is 10.7 Å². The standard InChI is InChI=1S/C16H21ClN4/c1-2-7-18-9-12-8-16(19-10-13(12)17)21-11-20-14-5-3-4-6-15(14)21/h8,10-11,18H,2-7,9H2,1H3. The third-order valence-electron chi connectivity index (χ3n) is 3.94. The van der Waals surface area contributed by atoms with Crippen LogP contribution in [0, 0.1) is 0 Å².